The molecule has 0 radical (unpaired) electrons. The average Bonchev–Trinajstić information content (AvgIpc) is 3.49. The first-order valence-corrected chi connectivity index (χ1v) is 10.9. The van der Waals surface area contributed by atoms with E-state index in [2.05, 4.69) is 4.98 Å². The summed E-state index contributed by atoms with van der Waals surface area (Å²) in [7, 11) is 1.63. The highest BCUT2D eigenvalue weighted by molar-refractivity contribution is 7.13. The molecule has 148 valence electrons. The van der Waals surface area contributed by atoms with Gasteiger partial charge in [-0.25, -0.2) is 4.98 Å². The SMILES string of the molecule is COc1ccc(N(Cc2cccs2)C(=O)Cc2nc(-c3cccs3)oc2C)cc1. The molecule has 0 fully saturated rings. The summed E-state index contributed by atoms with van der Waals surface area (Å²) < 4.78 is 11.0. The predicted molar refractivity (Wildman–Crippen MR) is 117 cm³/mol. The molecule has 7 heteroatoms. The number of methoxy groups -OCH3 is 1. The van der Waals surface area contributed by atoms with Gasteiger partial charge in [-0.3, -0.25) is 4.79 Å². The maximum Gasteiger partial charge on any atom is 0.236 e. The van der Waals surface area contributed by atoms with E-state index in [1.807, 2.05) is 66.2 Å². The highest BCUT2D eigenvalue weighted by Gasteiger charge is 2.21. The third-order valence-electron chi connectivity index (χ3n) is 4.52. The van der Waals surface area contributed by atoms with Crippen molar-refractivity contribution in [2.45, 2.75) is 19.9 Å². The molecule has 5 nitrogen and oxygen atoms in total. The van der Waals surface area contributed by atoms with Crippen LogP contribution in [0.25, 0.3) is 10.8 Å². The number of hydrogen-bond donors (Lipinski definition) is 0. The van der Waals surface area contributed by atoms with Gasteiger partial charge in [-0.15, -0.1) is 22.7 Å². The molecule has 0 N–H and O–H groups in total. The number of aromatic nitrogens is 1. The van der Waals surface area contributed by atoms with Crippen LogP contribution >= 0.6 is 22.7 Å². The van der Waals surface area contributed by atoms with Gasteiger partial charge in [0.1, 0.15) is 11.5 Å². The number of anilines is 1. The molecule has 0 atom stereocenters. The molecule has 0 spiro atoms. The van der Waals surface area contributed by atoms with Gasteiger partial charge in [0.25, 0.3) is 0 Å². The van der Waals surface area contributed by atoms with E-state index in [0.717, 1.165) is 21.2 Å². The van der Waals surface area contributed by atoms with Crippen molar-refractivity contribution in [2.24, 2.45) is 0 Å². The van der Waals surface area contributed by atoms with Crippen LogP contribution in [0.2, 0.25) is 0 Å². The zero-order valence-corrected chi connectivity index (χ0v) is 17.8. The fourth-order valence-corrected chi connectivity index (χ4v) is 4.32. The lowest BCUT2D eigenvalue weighted by Crippen LogP contribution is -2.31. The van der Waals surface area contributed by atoms with Gasteiger partial charge < -0.3 is 14.1 Å². The second kappa shape index (κ2) is 8.63. The van der Waals surface area contributed by atoms with Gasteiger partial charge >= 0.3 is 0 Å². The Morgan fingerprint density at radius 3 is 2.52 bits per heavy atom. The van der Waals surface area contributed by atoms with Gasteiger partial charge in [0.2, 0.25) is 11.8 Å². The largest absolute Gasteiger partial charge is 0.497 e. The number of benzene rings is 1. The van der Waals surface area contributed by atoms with Gasteiger partial charge in [0.15, 0.2) is 0 Å². The number of rotatable bonds is 7. The normalized spacial score (nSPS) is 10.8. The number of thiophene rings is 2. The fourth-order valence-electron chi connectivity index (χ4n) is 2.98. The number of hydrogen-bond acceptors (Lipinski definition) is 6. The number of oxazole rings is 1. The smallest absolute Gasteiger partial charge is 0.236 e. The monoisotopic (exact) mass is 424 g/mol. The Bertz CT molecular complexity index is 1070. The number of aryl methyl sites for hydroxylation is 1. The minimum absolute atomic E-state index is 0.0299. The Labute approximate surface area is 177 Å². The highest BCUT2D eigenvalue weighted by Crippen LogP contribution is 2.28. The molecule has 3 heterocycles. The molecule has 0 aliphatic rings. The van der Waals surface area contributed by atoms with E-state index in [9.17, 15) is 4.79 Å². The Balaban J connectivity index is 1.59. The number of amides is 1. The highest BCUT2D eigenvalue weighted by atomic mass is 32.1. The molecular formula is C22H20N2O3S2. The van der Waals surface area contributed by atoms with Crippen molar-refractivity contribution in [1.29, 1.82) is 0 Å². The van der Waals surface area contributed by atoms with E-state index >= 15 is 0 Å². The van der Waals surface area contributed by atoms with Crippen LogP contribution in [0.5, 0.6) is 5.75 Å². The molecule has 0 saturated carbocycles. The summed E-state index contributed by atoms with van der Waals surface area (Å²) in [5, 5.41) is 3.99. The van der Waals surface area contributed by atoms with E-state index in [1.54, 1.807) is 34.7 Å². The van der Waals surface area contributed by atoms with Gasteiger partial charge in [-0.2, -0.15) is 0 Å². The van der Waals surface area contributed by atoms with Crippen molar-refractivity contribution in [1.82, 2.24) is 4.98 Å². The molecule has 29 heavy (non-hydrogen) atoms. The van der Waals surface area contributed by atoms with Crippen LogP contribution in [0.4, 0.5) is 5.69 Å². The van der Waals surface area contributed by atoms with Gasteiger partial charge in [0, 0.05) is 10.6 Å². The van der Waals surface area contributed by atoms with E-state index in [-0.39, 0.29) is 12.3 Å². The molecule has 0 bridgehead atoms. The Morgan fingerprint density at radius 2 is 1.86 bits per heavy atom. The third kappa shape index (κ3) is 4.41. The first kappa shape index (κ1) is 19.4. The van der Waals surface area contributed by atoms with Gasteiger partial charge in [0.05, 0.1) is 30.6 Å². The first-order chi connectivity index (χ1) is 14.1. The quantitative estimate of drug-likeness (QED) is 0.390. The number of ether oxygens (including phenoxy) is 1. The van der Waals surface area contributed by atoms with Crippen LogP contribution in [0.15, 0.2) is 63.7 Å². The molecule has 0 unspecified atom stereocenters. The van der Waals surface area contributed by atoms with E-state index < -0.39 is 0 Å². The maximum absolute atomic E-state index is 13.3. The van der Waals surface area contributed by atoms with Gasteiger partial charge in [-0.1, -0.05) is 12.1 Å². The third-order valence-corrected chi connectivity index (χ3v) is 6.24. The van der Waals surface area contributed by atoms with Crippen LogP contribution in [0.3, 0.4) is 0 Å². The number of carbonyl (C=O) groups is 1. The maximum atomic E-state index is 13.3. The molecule has 4 rings (SSSR count). The lowest BCUT2D eigenvalue weighted by atomic mass is 10.2. The number of nitrogens with zero attached hydrogens (tertiary/aromatic N) is 2. The van der Waals surface area contributed by atoms with E-state index in [1.165, 1.54) is 0 Å². The molecule has 0 saturated heterocycles. The summed E-state index contributed by atoms with van der Waals surface area (Å²) >= 11 is 3.20. The summed E-state index contributed by atoms with van der Waals surface area (Å²) in [5.74, 6) is 1.96. The van der Waals surface area contributed by atoms with Crippen molar-refractivity contribution in [3.63, 3.8) is 0 Å². The Kier molecular flexibility index (Phi) is 5.78. The van der Waals surface area contributed by atoms with Crippen LogP contribution in [0, 0.1) is 6.92 Å². The molecule has 0 aliphatic carbocycles. The predicted octanol–water partition coefficient (Wildman–Crippen LogP) is 5.56. The summed E-state index contributed by atoms with van der Waals surface area (Å²) in [6.45, 7) is 2.36. The topological polar surface area (TPSA) is 55.6 Å². The summed E-state index contributed by atoms with van der Waals surface area (Å²) in [6, 6.07) is 15.5. The first-order valence-electron chi connectivity index (χ1n) is 9.11. The standard InChI is InChI=1S/C22H20N2O3S2/c1-15-19(23-22(27-15)20-6-4-12-29-20)13-21(25)24(14-18-5-3-11-28-18)16-7-9-17(26-2)10-8-16/h3-12H,13-14H2,1-2H3. The molecule has 3 aromatic heterocycles. The lowest BCUT2D eigenvalue weighted by molar-refractivity contribution is -0.118. The molecular weight excluding hydrogens is 404 g/mol. The number of carbonyl (C=O) groups excluding carboxylic acids is 1. The second-order valence-corrected chi connectivity index (χ2v) is 8.41. The summed E-state index contributed by atoms with van der Waals surface area (Å²) in [6.07, 6.45) is 0.179. The summed E-state index contributed by atoms with van der Waals surface area (Å²) in [5.41, 5.74) is 1.49. The minimum Gasteiger partial charge on any atom is -0.497 e. The van der Waals surface area contributed by atoms with Gasteiger partial charge in [-0.05, 0) is 54.1 Å². The van der Waals surface area contributed by atoms with Crippen molar-refractivity contribution in [2.75, 3.05) is 12.0 Å². The zero-order chi connectivity index (χ0) is 20.2. The van der Waals surface area contributed by atoms with Crippen LogP contribution in [-0.4, -0.2) is 18.0 Å². The molecule has 0 aliphatic heterocycles. The minimum atomic E-state index is -0.0299. The molecule has 1 amide bonds. The zero-order valence-electron chi connectivity index (χ0n) is 16.1. The average molecular weight is 425 g/mol. The van der Waals surface area contributed by atoms with Crippen LogP contribution in [-0.2, 0) is 17.8 Å². The van der Waals surface area contributed by atoms with Crippen LogP contribution in [0.1, 0.15) is 16.3 Å². The Morgan fingerprint density at radius 1 is 1.10 bits per heavy atom. The van der Waals surface area contributed by atoms with Crippen molar-refractivity contribution in [3.05, 3.63) is 75.6 Å². The molecule has 1 aromatic carbocycles. The lowest BCUT2D eigenvalue weighted by Gasteiger charge is -2.22. The van der Waals surface area contributed by atoms with Crippen molar-refractivity contribution in [3.8, 4) is 16.5 Å². The Hall–Kier alpha value is -2.90. The summed E-state index contributed by atoms with van der Waals surface area (Å²) in [4.78, 5) is 21.7. The van der Waals surface area contributed by atoms with Crippen molar-refractivity contribution < 1.29 is 13.9 Å². The van der Waals surface area contributed by atoms with E-state index in [0.29, 0.717) is 23.9 Å². The van der Waals surface area contributed by atoms with Crippen LogP contribution < -0.4 is 9.64 Å². The second-order valence-electron chi connectivity index (χ2n) is 6.43. The fraction of sp³-hybridized carbons (Fsp3) is 0.182. The van der Waals surface area contributed by atoms with Crippen molar-refractivity contribution >= 4 is 34.3 Å². The van der Waals surface area contributed by atoms with E-state index in [4.69, 9.17) is 9.15 Å². The molecule has 4 aromatic rings.